The molecule has 0 aromatic carbocycles. The molecule has 0 unspecified atom stereocenters. The molecule has 3 aliphatic rings. The summed E-state index contributed by atoms with van der Waals surface area (Å²) in [6.45, 7) is 1.92. The summed E-state index contributed by atoms with van der Waals surface area (Å²) in [6, 6.07) is 0. The number of likely N-dealkylation sites (tertiary alicyclic amines) is 1. The quantitative estimate of drug-likeness (QED) is 0.639. The number of aliphatic hydroxyl groups is 1. The summed E-state index contributed by atoms with van der Waals surface area (Å²) < 4.78 is 6.78. The van der Waals surface area contributed by atoms with Crippen LogP contribution in [0.25, 0.3) is 0 Å². The highest BCUT2D eigenvalue weighted by atomic mass is 16.6. The first-order valence-electron chi connectivity index (χ1n) is 9.67. The fourth-order valence-electron chi connectivity index (χ4n) is 5.14. The molecule has 1 saturated heterocycles. The second kappa shape index (κ2) is 6.72. The van der Waals surface area contributed by atoms with Crippen LogP contribution in [-0.2, 0) is 9.53 Å². The maximum atomic E-state index is 13.0. The van der Waals surface area contributed by atoms with Crippen molar-refractivity contribution in [2.75, 3.05) is 27.2 Å². The number of nitrogens with zero attached hydrogens (tertiary/aromatic N) is 1. The number of esters is 1. The van der Waals surface area contributed by atoms with Crippen LogP contribution in [0, 0.1) is 11.8 Å². The lowest BCUT2D eigenvalue weighted by Crippen LogP contribution is -2.54. The normalized spacial score (nSPS) is 31.9. The molecule has 4 nitrogen and oxygen atoms in total. The number of carbonyl (C=O) groups excluding carboxylic acids is 1. The van der Waals surface area contributed by atoms with Crippen LogP contribution < -0.4 is 0 Å². The molecular weight excluding hydrogens is 290 g/mol. The van der Waals surface area contributed by atoms with E-state index in [4.69, 9.17) is 4.74 Å². The van der Waals surface area contributed by atoms with Crippen molar-refractivity contribution in [1.82, 2.24) is 0 Å². The lowest BCUT2D eigenvalue weighted by atomic mass is 9.70. The Labute approximate surface area is 140 Å². The molecule has 4 heteroatoms. The molecule has 3 fully saturated rings. The van der Waals surface area contributed by atoms with Gasteiger partial charge in [-0.15, -0.1) is 0 Å². The minimum absolute atomic E-state index is 0.0194. The molecule has 0 radical (unpaired) electrons. The Morgan fingerprint density at radius 2 is 1.48 bits per heavy atom. The first kappa shape index (κ1) is 17.2. The van der Waals surface area contributed by atoms with Gasteiger partial charge in [0.1, 0.15) is 6.54 Å². The Morgan fingerprint density at radius 3 is 1.96 bits per heavy atom. The third kappa shape index (κ3) is 3.58. The number of rotatable bonds is 4. The van der Waals surface area contributed by atoms with Crippen molar-refractivity contribution in [3.05, 3.63) is 0 Å². The monoisotopic (exact) mass is 324 g/mol. The minimum Gasteiger partial charge on any atom is -0.454 e. The zero-order valence-electron chi connectivity index (χ0n) is 14.9. The molecule has 0 amide bonds. The highest BCUT2D eigenvalue weighted by molar-refractivity contribution is 5.80. The third-order valence-corrected chi connectivity index (χ3v) is 6.56. The van der Waals surface area contributed by atoms with E-state index in [1.807, 2.05) is 0 Å². The smallest absolute Gasteiger partial charge is 0.339 e. The molecule has 23 heavy (non-hydrogen) atoms. The Bertz CT molecular complexity index is 424. The molecular formula is C19H34NO3+. The zero-order valence-corrected chi connectivity index (χ0v) is 14.9. The molecule has 0 aromatic heterocycles. The molecule has 2 saturated carbocycles. The van der Waals surface area contributed by atoms with E-state index < -0.39 is 5.60 Å². The lowest BCUT2D eigenvalue weighted by molar-refractivity contribution is -0.879. The van der Waals surface area contributed by atoms with Gasteiger partial charge >= 0.3 is 5.97 Å². The maximum absolute atomic E-state index is 13.0. The van der Waals surface area contributed by atoms with E-state index in [0.29, 0.717) is 0 Å². The summed E-state index contributed by atoms with van der Waals surface area (Å²) in [5, 5.41) is 11.5. The van der Waals surface area contributed by atoms with E-state index in [0.717, 1.165) is 75.4 Å². The average Bonchev–Trinajstić information content (AvgIpc) is 3.17. The molecule has 0 aromatic rings. The van der Waals surface area contributed by atoms with Crippen molar-refractivity contribution in [1.29, 1.82) is 0 Å². The maximum Gasteiger partial charge on any atom is 0.339 e. The SMILES string of the molecule is C[N+]1(C)CC[C@@H](OC(=O)[C@](O)(C2CCCCC2)C2CCCC2)C1. The first-order valence-corrected chi connectivity index (χ1v) is 9.67. The highest BCUT2D eigenvalue weighted by Crippen LogP contribution is 2.44. The standard InChI is InChI=1S/C19H34NO3/c1-20(2)13-12-17(14-20)23-18(21)19(22,16-10-6-7-11-16)15-8-4-3-5-9-15/h15-17,22H,3-14H2,1-2H3/q+1/t17-,19+/m1/s1. The van der Waals surface area contributed by atoms with E-state index in [9.17, 15) is 9.90 Å². The lowest BCUT2D eigenvalue weighted by Gasteiger charge is -2.41. The van der Waals surface area contributed by atoms with Crippen molar-refractivity contribution in [3.63, 3.8) is 0 Å². The van der Waals surface area contributed by atoms with Crippen molar-refractivity contribution in [3.8, 4) is 0 Å². The van der Waals surface area contributed by atoms with E-state index in [2.05, 4.69) is 14.1 Å². The molecule has 1 heterocycles. The largest absolute Gasteiger partial charge is 0.454 e. The Balaban J connectivity index is 1.73. The van der Waals surface area contributed by atoms with E-state index in [1.165, 1.54) is 6.42 Å². The molecule has 1 aliphatic heterocycles. The number of likely N-dealkylation sites (N-methyl/N-ethyl adjacent to an activating group) is 1. The topological polar surface area (TPSA) is 46.5 Å². The van der Waals surface area contributed by atoms with Gasteiger partial charge in [-0.2, -0.15) is 0 Å². The zero-order chi connectivity index (χ0) is 16.5. The van der Waals surface area contributed by atoms with E-state index >= 15 is 0 Å². The summed E-state index contributed by atoms with van der Waals surface area (Å²) in [5.74, 6) is -0.0824. The Morgan fingerprint density at radius 1 is 0.957 bits per heavy atom. The van der Waals surface area contributed by atoms with Crippen LogP contribution in [0.5, 0.6) is 0 Å². The van der Waals surface area contributed by atoms with Crippen LogP contribution in [-0.4, -0.2) is 54.4 Å². The second-order valence-corrected chi connectivity index (χ2v) is 8.80. The van der Waals surface area contributed by atoms with Gasteiger partial charge in [-0.25, -0.2) is 4.79 Å². The van der Waals surface area contributed by atoms with Crippen molar-refractivity contribution in [2.24, 2.45) is 11.8 Å². The predicted molar refractivity (Wildman–Crippen MR) is 89.8 cm³/mol. The number of hydrogen-bond donors (Lipinski definition) is 1. The predicted octanol–water partition coefficient (Wildman–Crippen LogP) is 2.88. The fourth-order valence-corrected chi connectivity index (χ4v) is 5.14. The summed E-state index contributed by atoms with van der Waals surface area (Å²) >= 11 is 0. The molecule has 0 bridgehead atoms. The van der Waals surface area contributed by atoms with Gasteiger partial charge in [-0.05, 0) is 37.5 Å². The van der Waals surface area contributed by atoms with Gasteiger partial charge < -0.3 is 14.3 Å². The molecule has 1 N–H and O–H groups in total. The summed E-state index contributed by atoms with van der Waals surface area (Å²) in [6.07, 6.45) is 10.6. The van der Waals surface area contributed by atoms with Crippen LogP contribution in [0.2, 0.25) is 0 Å². The summed E-state index contributed by atoms with van der Waals surface area (Å²) in [7, 11) is 4.36. The Kier molecular flexibility index (Phi) is 5.03. The number of carbonyl (C=O) groups is 1. The summed E-state index contributed by atoms with van der Waals surface area (Å²) in [4.78, 5) is 13.0. The molecule has 3 rings (SSSR count). The van der Waals surface area contributed by atoms with E-state index in [-0.39, 0.29) is 23.9 Å². The molecule has 0 spiro atoms. The third-order valence-electron chi connectivity index (χ3n) is 6.56. The minimum atomic E-state index is -1.23. The van der Waals surface area contributed by atoms with Gasteiger partial charge in [0.15, 0.2) is 11.7 Å². The van der Waals surface area contributed by atoms with Gasteiger partial charge in [0.25, 0.3) is 0 Å². The second-order valence-electron chi connectivity index (χ2n) is 8.80. The molecule has 2 atom stereocenters. The van der Waals surface area contributed by atoms with Crippen molar-refractivity contribution >= 4 is 5.97 Å². The number of quaternary nitrogens is 1. The van der Waals surface area contributed by atoms with Crippen LogP contribution >= 0.6 is 0 Å². The highest BCUT2D eigenvalue weighted by Gasteiger charge is 2.53. The summed E-state index contributed by atoms with van der Waals surface area (Å²) in [5.41, 5.74) is -1.23. The average molecular weight is 324 g/mol. The number of ether oxygens (including phenoxy) is 1. The first-order chi connectivity index (χ1) is 10.9. The van der Waals surface area contributed by atoms with Gasteiger partial charge in [0.05, 0.1) is 20.6 Å². The van der Waals surface area contributed by atoms with Crippen LogP contribution in [0.1, 0.15) is 64.2 Å². The molecule has 132 valence electrons. The van der Waals surface area contributed by atoms with E-state index in [1.54, 1.807) is 0 Å². The van der Waals surface area contributed by atoms with Crippen LogP contribution in [0.3, 0.4) is 0 Å². The van der Waals surface area contributed by atoms with Crippen LogP contribution in [0.4, 0.5) is 0 Å². The fraction of sp³-hybridized carbons (Fsp3) is 0.947. The van der Waals surface area contributed by atoms with Crippen molar-refractivity contribution in [2.45, 2.75) is 75.9 Å². The van der Waals surface area contributed by atoms with Gasteiger partial charge in [0, 0.05) is 6.42 Å². The van der Waals surface area contributed by atoms with Gasteiger partial charge in [-0.3, -0.25) is 0 Å². The van der Waals surface area contributed by atoms with Gasteiger partial charge in [0.2, 0.25) is 0 Å². The van der Waals surface area contributed by atoms with Crippen LogP contribution in [0.15, 0.2) is 0 Å². The molecule has 2 aliphatic carbocycles. The number of hydrogen-bond acceptors (Lipinski definition) is 3. The van der Waals surface area contributed by atoms with Gasteiger partial charge in [-0.1, -0.05) is 32.1 Å². The Hall–Kier alpha value is -0.610. The van der Waals surface area contributed by atoms with Crippen molar-refractivity contribution < 1.29 is 19.1 Å².